The van der Waals surface area contributed by atoms with Crippen LogP contribution in [0.1, 0.15) is 11.1 Å². The molecule has 0 bridgehead atoms. The Labute approximate surface area is 175 Å². The number of benzene rings is 2. The van der Waals surface area contributed by atoms with Crippen molar-refractivity contribution in [2.24, 2.45) is 0 Å². The van der Waals surface area contributed by atoms with Gasteiger partial charge in [0.25, 0.3) is 0 Å². The highest BCUT2D eigenvalue weighted by molar-refractivity contribution is 8.24. The van der Waals surface area contributed by atoms with Gasteiger partial charge in [-0.1, -0.05) is 66.3 Å². The van der Waals surface area contributed by atoms with E-state index in [1.165, 1.54) is 17.3 Å². The summed E-state index contributed by atoms with van der Waals surface area (Å²) in [4.78, 5) is 14.6. The highest BCUT2D eigenvalue weighted by Gasteiger charge is 2.36. The smallest absolute Gasteiger partial charge is 0.241 e. The molecule has 1 saturated heterocycles. The van der Waals surface area contributed by atoms with E-state index >= 15 is 0 Å². The maximum absolute atomic E-state index is 12.8. The first-order valence-corrected chi connectivity index (χ1v) is 10.2. The Morgan fingerprint density at radius 3 is 2.68 bits per heavy atom. The van der Waals surface area contributed by atoms with Gasteiger partial charge in [0.15, 0.2) is 11.5 Å². The first-order chi connectivity index (χ1) is 13.6. The zero-order valence-corrected chi connectivity index (χ0v) is 17.2. The minimum atomic E-state index is -0.217. The third-order valence-corrected chi connectivity index (χ3v) is 6.02. The van der Waals surface area contributed by atoms with Crippen molar-refractivity contribution in [1.29, 1.82) is 0 Å². The molecule has 28 heavy (non-hydrogen) atoms. The molecule has 144 valence electrons. The van der Waals surface area contributed by atoms with Gasteiger partial charge in [-0.3, -0.25) is 9.69 Å². The number of carbonyl (C=O) groups is 1. The van der Waals surface area contributed by atoms with Crippen molar-refractivity contribution in [1.82, 2.24) is 4.90 Å². The SMILES string of the molecule is C#CCOc1ccc(C[C@H]2SC(=S)N(CCc3ccccc3)C2=O)cc1OC. The van der Waals surface area contributed by atoms with Crippen LogP contribution in [0.25, 0.3) is 0 Å². The van der Waals surface area contributed by atoms with Crippen molar-refractivity contribution < 1.29 is 14.3 Å². The monoisotopic (exact) mass is 411 g/mol. The average Bonchev–Trinajstić information content (AvgIpc) is 2.98. The summed E-state index contributed by atoms with van der Waals surface area (Å²) in [6, 6.07) is 15.7. The standard InChI is InChI=1S/C22H21NO3S2/c1-3-13-26-18-10-9-17(14-19(18)25-2)15-20-21(24)23(22(27)28-20)12-11-16-7-5-4-6-8-16/h1,4-10,14,20H,11-13,15H2,2H3/t20-/m1/s1. The number of nitrogens with zero attached hydrogens (tertiary/aromatic N) is 1. The molecule has 1 aliphatic heterocycles. The zero-order chi connectivity index (χ0) is 19.9. The number of terminal acetylenes is 1. The van der Waals surface area contributed by atoms with E-state index in [9.17, 15) is 4.79 Å². The van der Waals surface area contributed by atoms with E-state index in [0.29, 0.717) is 28.8 Å². The Bertz CT molecular complexity index is 892. The van der Waals surface area contributed by atoms with Crippen LogP contribution in [-0.4, -0.2) is 40.6 Å². The lowest BCUT2D eigenvalue weighted by molar-refractivity contribution is -0.126. The highest BCUT2D eigenvalue weighted by atomic mass is 32.2. The quantitative estimate of drug-likeness (QED) is 0.489. The maximum atomic E-state index is 12.8. The van der Waals surface area contributed by atoms with Gasteiger partial charge in [-0.2, -0.15) is 0 Å². The molecule has 0 spiro atoms. The van der Waals surface area contributed by atoms with E-state index in [4.69, 9.17) is 28.1 Å². The predicted molar refractivity (Wildman–Crippen MR) is 117 cm³/mol. The van der Waals surface area contributed by atoms with Crippen molar-refractivity contribution in [2.75, 3.05) is 20.3 Å². The maximum Gasteiger partial charge on any atom is 0.241 e. The van der Waals surface area contributed by atoms with Crippen LogP contribution in [0, 0.1) is 12.3 Å². The number of rotatable bonds is 8. The molecule has 1 fully saturated rings. The Morgan fingerprint density at radius 1 is 1.18 bits per heavy atom. The molecule has 0 N–H and O–H groups in total. The lowest BCUT2D eigenvalue weighted by Gasteiger charge is -2.16. The lowest BCUT2D eigenvalue weighted by atomic mass is 10.1. The molecule has 1 atom stereocenters. The van der Waals surface area contributed by atoms with E-state index in [2.05, 4.69) is 18.1 Å². The van der Waals surface area contributed by atoms with Gasteiger partial charge in [0.05, 0.1) is 12.4 Å². The fraction of sp³-hybridized carbons (Fsp3) is 0.273. The number of methoxy groups -OCH3 is 1. The van der Waals surface area contributed by atoms with Crippen LogP contribution in [0.3, 0.4) is 0 Å². The average molecular weight is 412 g/mol. The topological polar surface area (TPSA) is 38.8 Å². The lowest BCUT2D eigenvalue weighted by Crippen LogP contribution is -2.33. The molecular weight excluding hydrogens is 390 g/mol. The summed E-state index contributed by atoms with van der Waals surface area (Å²) in [5, 5.41) is -0.217. The van der Waals surface area contributed by atoms with E-state index < -0.39 is 0 Å². The van der Waals surface area contributed by atoms with Gasteiger partial charge < -0.3 is 9.47 Å². The van der Waals surface area contributed by atoms with Crippen LogP contribution in [-0.2, 0) is 17.6 Å². The zero-order valence-electron chi connectivity index (χ0n) is 15.6. The van der Waals surface area contributed by atoms with Gasteiger partial charge in [0.1, 0.15) is 10.9 Å². The molecule has 3 rings (SSSR count). The Hall–Kier alpha value is -2.49. The number of amides is 1. The van der Waals surface area contributed by atoms with Gasteiger partial charge in [-0.05, 0) is 36.1 Å². The first-order valence-electron chi connectivity index (χ1n) is 8.91. The highest BCUT2D eigenvalue weighted by Crippen LogP contribution is 2.33. The van der Waals surface area contributed by atoms with Crippen molar-refractivity contribution in [3.05, 3.63) is 59.7 Å². The van der Waals surface area contributed by atoms with Gasteiger partial charge in [-0.15, -0.1) is 6.42 Å². The van der Waals surface area contributed by atoms with Crippen molar-refractivity contribution >= 4 is 34.2 Å². The Balaban J connectivity index is 1.64. The van der Waals surface area contributed by atoms with E-state index in [-0.39, 0.29) is 17.8 Å². The molecule has 6 heteroatoms. The normalized spacial score (nSPS) is 16.1. The molecule has 1 amide bonds. The van der Waals surface area contributed by atoms with Gasteiger partial charge >= 0.3 is 0 Å². The third kappa shape index (κ3) is 4.86. The van der Waals surface area contributed by atoms with Crippen LogP contribution in [0.15, 0.2) is 48.5 Å². The molecule has 1 heterocycles. The van der Waals surface area contributed by atoms with Gasteiger partial charge in [0, 0.05) is 6.54 Å². The Morgan fingerprint density at radius 2 is 1.96 bits per heavy atom. The fourth-order valence-corrected chi connectivity index (χ4v) is 4.59. The molecule has 4 nitrogen and oxygen atoms in total. The number of hydrogen-bond donors (Lipinski definition) is 0. The van der Waals surface area contributed by atoms with E-state index in [1.807, 2.05) is 36.4 Å². The molecule has 1 aliphatic rings. The third-order valence-electron chi connectivity index (χ3n) is 4.43. The summed E-state index contributed by atoms with van der Waals surface area (Å²) in [6.45, 7) is 0.782. The van der Waals surface area contributed by atoms with Gasteiger partial charge in [0.2, 0.25) is 5.91 Å². The first kappa shape index (κ1) is 20.2. The number of hydrogen-bond acceptors (Lipinski definition) is 5. The van der Waals surface area contributed by atoms with Crippen molar-refractivity contribution in [2.45, 2.75) is 18.1 Å². The second-order valence-electron chi connectivity index (χ2n) is 6.28. The molecule has 2 aromatic carbocycles. The molecule has 0 unspecified atom stereocenters. The summed E-state index contributed by atoms with van der Waals surface area (Å²) in [5.41, 5.74) is 2.18. The second-order valence-corrected chi connectivity index (χ2v) is 8.12. The van der Waals surface area contributed by atoms with Crippen molar-refractivity contribution in [3.8, 4) is 23.8 Å². The van der Waals surface area contributed by atoms with Crippen LogP contribution < -0.4 is 9.47 Å². The van der Waals surface area contributed by atoms with Crippen LogP contribution in [0.2, 0.25) is 0 Å². The molecule has 0 radical (unpaired) electrons. The van der Waals surface area contributed by atoms with E-state index in [1.54, 1.807) is 12.0 Å². The van der Waals surface area contributed by atoms with E-state index in [0.717, 1.165) is 12.0 Å². The number of ether oxygens (including phenoxy) is 2. The minimum Gasteiger partial charge on any atom is -0.493 e. The van der Waals surface area contributed by atoms with Crippen LogP contribution >= 0.6 is 24.0 Å². The summed E-state index contributed by atoms with van der Waals surface area (Å²) in [5.74, 6) is 3.70. The number of thiocarbonyl (C=S) groups is 1. The summed E-state index contributed by atoms with van der Waals surface area (Å²) in [7, 11) is 1.58. The molecule has 2 aromatic rings. The largest absolute Gasteiger partial charge is 0.493 e. The van der Waals surface area contributed by atoms with Crippen LogP contribution in [0.5, 0.6) is 11.5 Å². The fourth-order valence-electron chi connectivity index (χ4n) is 3.01. The Kier molecular flexibility index (Phi) is 6.96. The summed E-state index contributed by atoms with van der Waals surface area (Å²) in [6.07, 6.45) is 6.60. The van der Waals surface area contributed by atoms with Gasteiger partial charge in [-0.25, -0.2) is 0 Å². The second kappa shape index (κ2) is 9.63. The molecule has 0 aliphatic carbocycles. The predicted octanol–water partition coefficient (Wildman–Crippen LogP) is 3.72. The number of thioether (sulfide) groups is 1. The summed E-state index contributed by atoms with van der Waals surface area (Å²) < 4.78 is 11.5. The molecule has 0 aromatic heterocycles. The molecule has 0 saturated carbocycles. The van der Waals surface area contributed by atoms with Crippen molar-refractivity contribution in [3.63, 3.8) is 0 Å². The minimum absolute atomic E-state index is 0.0672. The van der Waals surface area contributed by atoms with Crippen LogP contribution in [0.4, 0.5) is 0 Å². The number of carbonyl (C=O) groups excluding carboxylic acids is 1. The molecular formula is C22H21NO3S2. The summed E-state index contributed by atoms with van der Waals surface area (Å²) >= 11 is 6.90.